The van der Waals surface area contributed by atoms with Gasteiger partial charge in [-0.05, 0) is 46.0 Å². The molecule has 0 N–H and O–H groups in total. The van der Waals surface area contributed by atoms with E-state index in [-0.39, 0.29) is 30.6 Å². The lowest BCUT2D eigenvalue weighted by Gasteiger charge is -2.20. The van der Waals surface area contributed by atoms with E-state index in [9.17, 15) is 9.59 Å². The first-order chi connectivity index (χ1) is 15.8. The predicted octanol–water partition coefficient (Wildman–Crippen LogP) is 5.41. The molecule has 1 aliphatic rings. The van der Waals surface area contributed by atoms with Gasteiger partial charge in [0.1, 0.15) is 5.75 Å². The van der Waals surface area contributed by atoms with Crippen LogP contribution >= 0.6 is 22.7 Å². The number of hydrogen-bond acceptors (Lipinski definition) is 7. The number of hydrogen-bond donors (Lipinski definition) is 0. The van der Waals surface area contributed by atoms with Crippen LogP contribution in [-0.4, -0.2) is 35.8 Å². The molecule has 0 saturated heterocycles. The van der Waals surface area contributed by atoms with Gasteiger partial charge < -0.3 is 9.47 Å². The molecular weight excluding hydrogens is 456 g/mol. The first kappa shape index (κ1) is 23.2. The molecule has 2 aromatic heterocycles. The van der Waals surface area contributed by atoms with Crippen molar-refractivity contribution in [1.29, 1.82) is 0 Å². The Morgan fingerprint density at radius 3 is 2.39 bits per heavy atom. The van der Waals surface area contributed by atoms with E-state index in [1.807, 2.05) is 59.3 Å². The van der Waals surface area contributed by atoms with Gasteiger partial charge in [-0.25, -0.2) is 9.80 Å². The number of ether oxygens (including phenoxy) is 2. The van der Waals surface area contributed by atoms with Gasteiger partial charge >= 0.3 is 5.97 Å². The smallest absolute Gasteiger partial charge is 0.344 e. The minimum Gasteiger partial charge on any atom is -0.482 e. The lowest BCUT2D eigenvalue weighted by molar-refractivity contribution is -0.154. The fourth-order valence-electron chi connectivity index (χ4n) is 3.48. The maximum Gasteiger partial charge on any atom is 0.344 e. The van der Waals surface area contributed by atoms with E-state index in [2.05, 4.69) is 25.9 Å². The standard InChI is InChI=1S/C25H26N2O4S2/c1-25(2,3)17-8-10-18(11-9-17)30-16-24(29)31-15-23(28)27-20(22-7-5-13-33-22)14-19(26-27)21-6-4-12-32-21/h4-13,20H,14-16H2,1-3H3. The van der Waals surface area contributed by atoms with E-state index in [1.54, 1.807) is 22.7 Å². The Kier molecular flexibility index (Phi) is 6.95. The number of benzene rings is 1. The van der Waals surface area contributed by atoms with Crippen LogP contribution < -0.4 is 4.74 Å². The van der Waals surface area contributed by atoms with Crippen LogP contribution in [0.3, 0.4) is 0 Å². The van der Waals surface area contributed by atoms with Gasteiger partial charge in [0.05, 0.1) is 16.6 Å². The fraction of sp³-hybridized carbons (Fsp3) is 0.320. The summed E-state index contributed by atoms with van der Waals surface area (Å²) in [4.78, 5) is 27.1. The minimum atomic E-state index is -0.599. The van der Waals surface area contributed by atoms with Gasteiger partial charge in [0.2, 0.25) is 0 Å². The minimum absolute atomic E-state index is 0.0419. The molecule has 3 heterocycles. The second-order valence-electron chi connectivity index (χ2n) is 8.72. The molecule has 6 nitrogen and oxygen atoms in total. The van der Waals surface area contributed by atoms with Crippen LogP contribution in [0.2, 0.25) is 0 Å². The summed E-state index contributed by atoms with van der Waals surface area (Å²) in [7, 11) is 0. The summed E-state index contributed by atoms with van der Waals surface area (Å²) < 4.78 is 10.7. The summed E-state index contributed by atoms with van der Waals surface area (Å²) in [6.45, 7) is 5.75. The monoisotopic (exact) mass is 482 g/mol. The topological polar surface area (TPSA) is 68.2 Å². The van der Waals surface area contributed by atoms with E-state index < -0.39 is 5.97 Å². The summed E-state index contributed by atoms with van der Waals surface area (Å²) in [6.07, 6.45) is 0.633. The van der Waals surface area contributed by atoms with Crippen LogP contribution in [-0.2, 0) is 19.7 Å². The molecule has 0 spiro atoms. The Labute approximate surface area is 201 Å². The van der Waals surface area contributed by atoms with Crippen molar-refractivity contribution in [3.05, 3.63) is 74.6 Å². The van der Waals surface area contributed by atoms with Crippen molar-refractivity contribution in [2.45, 2.75) is 38.6 Å². The van der Waals surface area contributed by atoms with E-state index in [0.29, 0.717) is 12.2 Å². The molecule has 4 rings (SSSR count). The Morgan fingerprint density at radius 1 is 1.03 bits per heavy atom. The van der Waals surface area contributed by atoms with E-state index >= 15 is 0 Å². The molecule has 33 heavy (non-hydrogen) atoms. The summed E-state index contributed by atoms with van der Waals surface area (Å²) in [5.41, 5.74) is 2.08. The molecule has 1 unspecified atom stereocenters. The average Bonchev–Trinajstić information content (AvgIpc) is 3.55. The zero-order valence-corrected chi connectivity index (χ0v) is 20.4. The normalized spacial score (nSPS) is 15.9. The van der Waals surface area contributed by atoms with Crippen LogP contribution in [0.5, 0.6) is 5.75 Å². The van der Waals surface area contributed by atoms with Crippen LogP contribution in [0.1, 0.15) is 48.6 Å². The Bertz CT molecular complexity index is 1110. The molecular formula is C25H26N2O4S2. The van der Waals surface area contributed by atoms with E-state index in [4.69, 9.17) is 9.47 Å². The number of carbonyl (C=O) groups is 2. The largest absolute Gasteiger partial charge is 0.482 e. The highest BCUT2D eigenvalue weighted by atomic mass is 32.1. The van der Waals surface area contributed by atoms with Crippen LogP contribution in [0.25, 0.3) is 0 Å². The van der Waals surface area contributed by atoms with Crippen molar-refractivity contribution in [2.24, 2.45) is 5.10 Å². The van der Waals surface area contributed by atoms with Gasteiger partial charge in [0, 0.05) is 11.3 Å². The van der Waals surface area contributed by atoms with Gasteiger partial charge in [0.25, 0.3) is 5.91 Å². The van der Waals surface area contributed by atoms with E-state index in [1.165, 1.54) is 10.6 Å². The number of thiophene rings is 2. The van der Waals surface area contributed by atoms with Crippen LogP contribution in [0, 0.1) is 0 Å². The highest BCUT2D eigenvalue weighted by Crippen LogP contribution is 2.36. The number of hydrazone groups is 1. The number of nitrogens with zero attached hydrogens (tertiary/aromatic N) is 2. The van der Waals surface area contributed by atoms with Gasteiger partial charge in [-0.1, -0.05) is 45.0 Å². The molecule has 0 aliphatic carbocycles. The van der Waals surface area contributed by atoms with Crippen molar-refractivity contribution < 1.29 is 19.1 Å². The van der Waals surface area contributed by atoms with Gasteiger partial charge in [-0.2, -0.15) is 5.10 Å². The van der Waals surface area contributed by atoms with Crippen molar-refractivity contribution in [1.82, 2.24) is 5.01 Å². The summed E-state index contributed by atoms with van der Waals surface area (Å²) >= 11 is 3.17. The molecule has 1 amide bonds. The molecule has 0 fully saturated rings. The molecule has 1 aliphatic heterocycles. The molecule has 8 heteroatoms. The quantitative estimate of drug-likeness (QED) is 0.423. The zero-order valence-electron chi connectivity index (χ0n) is 18.8. The first-order valence-electron chi connectivity index (χ1n) is 10.7. The lowest BCUT2D eigenvalue weighted by atomic mass is 9.87. The van der Waals surface area contributed by atoms with E-state index in [0.717, 1.165) is 15.5 Å². The third kappa shape index (κ3) is 5.69. The Morgan fingerprint density at radius 2 is 1.76 bits per heavy atom. The highest BCUT2D eigenvalue weighted by molar-refractivity contribution is 7.12. The number of amides is 1. The average molecular weight is 483 g/mol. The highest BCUT2D eigenvalue weighted by Gasteiger charge is 2.34. The van der Waals surface area contributed by atoms with Crippen molar-refractivity contribution in [3.8, 4) is 5.75 Å². The number of esters is 1. The van der Waals surface area contributed by atoms with Crippen molar-refractivity contribution >= 4 is 40.3 Å². The number of rotatable bonds is 7. The summed E-state index contributed by atoms with van der Waals surface area (Å²) in [5, 5.41) is 9.97. The van der Waals surface area contributed by atoms with Gasteiger partial charge in [0.15, 0.2) is 13.2 Å². The number of carbonyl (C=O) groups excluding carboxylic acids is 2. The lowest BCUT2D eigenvalue weighted by Crippen LogP contribution is -2.31. The van der Waals surface area contributed by atoms with Crippen LogP contribution in [0.15, 0.2) is 64.4 Å². The third-order valence-corrected chi connectivity index (χ3v) is 7.17. The Balaban J connectivity index is 1.33. The van der Waals surface area contributed by atoms with Crippen molar-refractivity contribution in [3.63, 3.8) is 0 Å². The fourth-order valence-corrected chi connectivity index (χ4v) is 5.01. The van der Waals surface area contributed by atoms with Crippen molar-refractivity contribution in [2.75, 3.05) is 13.2 Å². The SMILES string of the molecule is CC(C)(C)c1ccc(OCC(=O)OCC(=O)N2N=C(c3cccs3)CC2c2cccs2)cc1. The van der Waals surface area contributed by atoms with Gasteiger partial charge in [-0.15, -0.1) is 22.7 Å². The first-order valence-corrected chi connectivity index (χ1v) is 12.4. The molecule has 0 radical (unpaired) electrons. The summed E-state index contributed by atoms with van der Waals surface area (Å²) in [6, 6.07) is 15.3. The maximum atomic E-state index is 12.9. The summed E-state index contributed by atoms with van der Waals surface area (Å²) in [5.74, 6) is -0.380. The molecule has 1 atom stereocenters. The molecule has 0 bridgehead atoms. The predicted molar refractivity (Wildman–Crippen MR) is 131 cm³/mol. The second kappa shape index (κ2) is 9.89. The zero-order chi connectivity index (χ0) is 23.4. The Hall–Kier alpha value is -2.97. The molecule has 1 aromatic carbocycles. The van der Waals surface area contributed by atoms with Crippen LogP contribution in [0.4, 0.5) is 0 Å². The molecule has 3 aromatic rings. The van der Waals surface area contributed by atoms with Gasteiger partial charge in [-0.3, -0.25) is 4.79 Å². The molecule has 0 saturated carbocycles. The third-order valence-electron chi connectivity index (χ3n) is 5.28. The molecule has 172 valence electrons. The second-order valence-corrected chi connectivity index (χ2v) is 10.6. The maximum absolute atomic E-state index is 12.9.